The molecule has 0 heterocycles. The second-order valence-electron chi connectivity index (χ2n) is 5.80. The number of carbonyl (C=O) groups excluding carboxylic acids is 2. The van der Waals surface area contributed by atoms with Crippen LogP contribution in [0.2, 0.25) is 0 Å². The van der Waals surface area contributed by atoms with Crippen molar-refractivity contribution in [3.05, 3.63) is 48.0 Å². The zero-order chi connectivity index (χ0) is 15.5. The Kier molecular flexibility index (Phi) is 4.46. The third-order valence-electron chi connectivity index (χ3n) is 4.03. The predicted octanol–water partition coefficient (Wildman–Crippen LogP) is 2.73. The summed E-state index contributed by atoms with van der Waals surface area (Å²) in [6.45, 7) is 4.27. The minimum absolute atomic E-state index is 0.0138. The van der Waals surface area contributed by atoms with E-state index in [4.69, 9.17) is 4.74 Å². The van der Waals surface area contributed by atoms with Gasteiger partial charge in [-0.15, -0.1) is 0 Å². The van der Waals surface area contributed by atoms with Crippen molar-refractivity contribution in [1.82, 2.24) is 0 Å². The highest BCUT2D eigenvalue weighted by molar-refractivity contribution is 5.83. The van der Waals surface area contributed by atoms with Gasteiger partial charge in [0.1, 0.15) is 6.61 Å². The second kappa shape index (κ2) is 6.12. The summed E-state index contributed by atoms with van der Waals surface area (Å²) in [4.78, 5) is 23.3. The minimum Gasteiger partial charge on any atom is -0.466 e. The van der Waals surface area contributed by atoms with E-state index in [1.807, 2.05) is 44.2 Å². The molecule has 0 spiro atoms. The fourth-order valence-corrected chi connectivity index (χ4v) is 2.56. The van der Waals surface area contributed by atoms with Crippen LogP contribution in [0.15, 0.2) is 42.5 Å². The van der Waals surface area contributed by atoms with E-state index in [0.29, 0.717) is 0 Å². The quantitative estimate of drug-likeness (QED) is 0.617. The highest BCUT2D eigenvalue weighted by atomic mass is 16.5. The Labute approximate surface area is 124 Å². The molecule has 1 fully saturated rings. The normalized spacial score (nSPS) is 22.8. The van der Waals surface area contributed by atoms with Crippen molar-refractivity contribution in [2.75, 3.05) is 7.11 Å². The maximum absolute atomic E-state index is 12.1. The molecule has 0 N–H and O–H groups in total. The monoisotopic (exact) mass is 288 g/mol. The number of hydrogen-bond donors (Lipinski definition) is 0. The first-order valence-corrected chi connectivity index (χ1v) is 6.93. The van der Waals surface area contributed by atoms with Gasteiger partial charge in [-0.25, -0.2) is 4.79 Å². The number of rotatable bonds is 5. The summed E-state index contributed by atoms with van der Waals surface area (Å²) in [6.07, 6.45) is 3.11. The molecule has 0 radical (unpaired) electrons. The molecule has 1 aromatic carbocycles. The fourth-order valence-electron chi connectivity index (χ4n) is 2.56. The van der Waals surface area contributed by atoms with E-state index >= 15 is 0 Å². The topological polar surface area (TPSA) is 52.6 Å². The summed E-state index contributed by atoms with van der Waals surface area (Å²) in [6, 6.07) is 9.57. The Hall–Kier alpha value is -2.10. The van der Waals surface area contributed by atoms with E-state index in [1.165, 1.54) is 13.2 Å². The van der Waals surface area contributed by atoms with Crippen molar-refractivity contribution >= 4 is 11.9 Å². The lowest BCUT2D eigenvalue weighted by Crippen LogP contribution is -2.10. The van der Waals surface area contributed by atoms with E-state index in [-0.39, 0.29) is 29.8 Å². The van der Waals surface area contributed by atoms with Crippen LogP contribution in [0, 0.1) is 17.3 Å². The standard InChI is InChI=1S/C17H20O4/c1-17(2)13(9-10-14(18)20-3)15(17)16(19)21-11-12-7-5-4-6-8-12/h4-10,13,15H,11H2,1-3H3/t13-,15-/m0/s1. The smallest absolute Gasteiger partial charge is 0.330 e. The molecule has 21 heavy (non-hydrogen) atoms. The number of ether oxygens (including phenoxy) is 2. The Morgan fingerprint density at radius 3 is 2.52 bits per heavy atom. The van der Waals surface area contributed by atoms with E-state index in [1.54, 1.807) is 6.08 Å². The molecule has 1 saturated carbocycles. The Morgan fingerprint density at radius 2 is 1.90 bits per heavy atom. The van der Waals surface area contributed by atoms with Crippen molar-refractivity contribution in [3.8, 4) is 0 Å². The second-order valence-corrected chi connectivity index (χ2v) is 5.80. The van der Waals surface area contributed by atoms with Crippen LogP contribution >= 0.6 is 0 Å². The molecule has 0 bridgehead atoms. The first kappa shape index (κ1) is 15.3. The number of esters is 2. The van der Waals surface area contributed by atoms with Crippen molar-refractivity contribution in [3.63, 3.8) is 0 Å². The van der Waals surface area contributed by atoms with Crippen LogP contribution in [0.25, 0.3) is 0 Å². The molecule has 0 aliphatic heterocycles. The first-order chi connectivity index (χ1) is 9.96. The minimum atomic E-state index is -0.408. The van der Waals surface area contributed by atoms with Crippen molar-refractivity contribution in [2.45, 2.75) is 20.5 Å². The molecule has 1 aliphatic rings. The molecule has 0 aromatic heterocycles. The summed E-state index contributed by atoms with van der Waals surface area (Å²) in [5.41, 5.74) is 0.782. The molecule has 0 unspecified atom stereocenters. The van der Waals surface area contributed by atoms with E-state index in [0.717, 1.165) is 5.56 Å². The van der Waals surface area contributed by atoms with Gasteiger partial charge in [-0.3, -0.25) is 4.79 Å². The van der Waals surface area contributed by atoms with Crippen LogP contribution in [0.4, 0.5) is 0 Å². The van der Waals surface area contributed by atoms with Crippen LogP contribution in [0.3, 0.4) is 0 Å². The number of carbonyl (C=O) groups is 2. The molecular formula is C17H20O4. The summed E-state index contributed by atoms with van der Waals surface area (Å²) in [5, 5.41) is 0. The molecule has 4 nitrogen and oxygen atoms in total. The van der Waals surface area contributed by atoms with Gasteiger partial charge in [0.05, 0.1) is 13.0 Å². The van der Waals surface area contributed by atoms with Crippen LogP contribution < -0.4 is 0 Å². The highest BCUT2D eigenvalue weighted by Gasteiger charge is 2.61. The van der Waals surface area contributed by atoms with Crippen molar-refractivity contribution < 1.29 is 19.1 Å². The number of allylic oxidation sites excluding steroid dienone is 1. The maximum Gasteiger partial charge on any atom is 0.330 e. The fraction of sp³-hybridized carbons (Fsp3) is 0.412. The van der Waals surface area contributed by atoms with Gasteiger partial charge in [0, 0.05) is 6.08 Å². The largest absolute Gasteiger partial charge is 0.466 e. The van der Waals surface area contributed by atoms with Gasteiger partial charge >= 0.3 is 11.9 Å². The van der Waals surface area contributed by atoms with Gasteiger partial charge < -0.3 is 9.47 Å². The zero-order valence-electron chi connectivity index (χ0n) is 12.5. The van der Waals surface area contributed by atoms with Crippen LogP contribution in [0.5, 0.6) is 0 Å². The SMILES string of the molecule is COC(=O)C=C[C@H]1[C@@H](C(=O)OCc2ccccc2)C1(C)C. The number of methoxy groups -OCH3 is 1. The van der Waals surface area contributed by atoms with Gasteiger partial charge in [0.2, 0.25) is 0 Å². The summed E-state index contributed by atoms with van der Waals surface area (Å²) < 4.78 is 9.92. The summed E-state index contributed by atoms with van der Waals surface area (Å²) >= 11 is 0. The van der Waals surface area contributed by atoms with E-state index < -0.39 is 5.97 Å². The average molecular weight is 288 g/mol. The molecule has 0 saturated heterocycles. The lowest BCUT2D eigenvalue weighted by Gasteiger charge is -2.05. The van der Waals surface area contributed by atoms with Gasteiger partial charge in [-0.1, -0.05) is 50.3 Å². The maximum atomic E-state index is 12.1. The van der Waals surface area contributed by atoms with E-state index in [2.05, 4.69) is 4.74 Å². The van der Waals surface area contributed by atoms with E-state index in [9.17, 15) is 9.59 Å². The average Bonchev–Trinajstić information content (AvgIpc) is 3.04. The van der Waals surface area contributed by atoms with Crippen LogP contribution in [-0.4, -0.2) is 19.0 Å². The van der Waals surface area contributed by atoms with Crippen LogP contribution in [-0.2, 0) is 25.7 Å². The highest BCUT2D eigenvalue weighted by Crippen LogP contribution is 2.59. The Bertz CT molecular complexity index is 545. The number of hydrogen-bond acceptors (Lipinski definition) is 4. The van der Waals surface area contributed by atoms with Crippen molar-refractivity contribution in [2.24, 2.45) is 17.3 Å². The van der Waals surface area contributed by atoms with Gasteiger partial charge in [-0.2, -0.15) is 0 Å². The van der Waals surface area contributed by atoms with Gasteiger partial charge in [0.15, 0.2) is 0 Å². The first-order valence-electron chi connectivity index (χ1n) is 6.93. The van der Waals surface area contributed by atoms with Crippen molar-refractivity contribution in [1.29, 1.82) is 0 Å². The lowest BCUT2D eigenvalue weighted by molar-refractivity contribution is -0.147. The predicted molar refractivity (Wildman–Crippen MR) is 78.2 cm³/mol. The van der Waals surface area contributed by atoms with Gasteiger partial charge in [0.25, 0.3) is 0 Å². The Balaban J connectivity index is 1.91. The summed E-state index contributed by atoms with van der Waals surface area (Å²) in [5.74, 6) is -0.820. The zero-order valence-corrected chi connectivity index (χ0v) is 12.5. The van der Waals surface area contributed by atoms with Crippen LogP contribution in [0.1, 0.15) is 19.4 Å². The van der Waals surface area contributed by atoms with Gasteiger partial charge in [-0.05, 0) is 16.9 Å². The summed E-state index contributed by atoms with van der Waals surface area (Å²) in [7, 11) is 1.33. The molecular weight excluding hydrogens is 268 g/mol. The Morgan fingerprint density at radius 1 is 1.24 bits per heavy atom. The molecule has 1 aliphatic carbocycles. The molecule has 4 heteroatoms. The molecule has 1 aromatic rings. The third kappa shape index (κ3) is 3.51. The lowest BCUT2D eigenvalue weighted by atomic mass is 10.1. The third-order valence-corrected chi connectivity index (χ3v) is 4.03. The number of benzene rings is 1. The molecule has 2 atom stereocenters. The molecule has 112 valence electrons. The molecule has 2 rings (SSSR count). The molecule has 0 amide bonds.